The monoisotopic (exact) mass is 657 g/mol. The predicted molar refractivity (Wildman–Crippen MR) is 206 cm³/mol. The van der Waals surface area contributed by atoms with Gasteiger partial charge in [-0.3, -0.25) is 0 Å². The molecule has 0 aliphatic heterocycles. The van der Waals surface area contributed by atoms with E-state index in [4.69, 9.17) is 15.0 Å². The zero-order valence-electron chi connectivity index (χ0n) is 28.6. The predicted octanol–water partition coefficient (Wildman–Crippen LogP) is 11.1. The molecule has 7 aromatic rings. The van der Waals surface area contributed by atoms with Crippen molar-refractivity contribution >= 4 is 5.57 Å². The van der Waals surface area contributed by atoms with Crippen LogP contribution in [0.3, 0.4) is 0 Å². The van der Waals surface area contributed by atoms with Crippen LogP contribution in [0.5, 0.6) is 0 Å². The molecule has 5 heteroatoms. The molecule has 9 rings (SSSR count). The van der Waals surface area contributed by atoms with Crippen LogP contribution in [0.1, 0.15) is 37.8 Å². The minimum absolute atomic E-state index is 0.0100. The lowest BCUT2D eigenvalue weighted by molar-refractivity contribution is 0.651. The molecular weight excluding hydrogens is 623 g/mol. The first-order chi connectivity index (χ1) is 25.0. The zero-order chi connectivity index (χ0) is 34.4. The van der Waals surface area contributed by atoms with Gasteiger partial charge >= 0.3 is 0 Å². The van der Waals surface area contributed by atoms with Crippen molar-refractivity contribution in [3.8, 4) is 67.8 Å². The lowest BCUT2D eigenvalue weighted by Crippen LogP contribution is -2.16. The maximum atomic E-state index is 5.10. The van der Waals surface area contributed by atoms with E-state index in [0.717, 1.165) is 51.8 Å². The number of benzene rings is 5. The largest absolute Gasteiger partial charge is 0.237 e. The number of nitrogens with zero attached hydrogens (tertiary/aromatic N) is 5. The molecule has 0 spiro atoms. The highest BCUT2D eigenvalue weighted by atomic mass is 15.0. The van der Waals surface area contributed by atoms with Gasteiger partial charge in [0.15, 0.2) is 23.3 Å². The molecule has 0 N–H and O–H groups in total. The fraction of sp³-hybridized carbons (Fsp3) is 0.109. The molecule has 51 heavy (non-hydrogen) atoms. The summed E-state index contributed by atoms with van der Waals surface area (Å²) < 4.78 is 0. The lowest BCUT2D eigenvalue weighted by atomic mass is 9.80. The third kappa shape index (κ3) is 5.67. The summed E-state index contributed by atoms with van der Waals surface area (Å²) in [4.78, 5) is 24.0. The summed E-state index contributed by atoms with van der Waals surface area (Å²) in [7, 11) is 0. The summed E-state index contributed by atoms with van der Waals surface area (Å²) in [5.74, 6) is 2.62. The van der Waals surface area contributed by atoms with E-state index in [1.807, 2.05) is 66.7 Å². The normalized spacial score (nSPS) is 14.3. The molecule has 5 nitrogen and oxygen atoms in total. The highest BCUT2D eigenvalue weighted by Crippen LogP contribution is 2.51. The molecule has 0 bridgehead atoms. The van der Waals surface area contributed by atoms with Gasteiger partial charge < -0.3 is 0 Å². The highest BCUT2D eigenvalue weighted by molar-refractivity contribution is 5.87. The van der Waals surface area contributed by atoms with E-state index in [-0.39, 0.29) is 5.41 Å². The van der Waals surface area contributed by atoms with Gasteiger partial charge in [0.1, 0.15) is 0 Å². The Morgan fingerprint density at radius 2 is 1.00 bits per heavy atom. The van der Waals surface area contributed by atoms with E-state index in [0.29, 0.717) is 23.3 Å². The molecule has 2 heterocycles. The van der Waals surface area contributed by atoms with Gasteiger partial charge in [-0.2, -0.15) is 0 Å². The van der Waals surface area contributed by atoms with Crippen LogP contribution in [0.15, 0.2) is 158 Å². The lowest BCUT2D eigenvalue weighted by Gasteiger charge is -2.24. The molecule has 0 fully saturated rings. The molecule has 0 radical (unpaired) electrons. The van der Waals surface area contributed by atoms with E-state index < -0.39 is 0 Å². The first-order valence-corrected chi connectivity index (χ1v) is 17.5. The summed E-state index contributed by atoms with van der Waals surface area (Å²) in [5.41, 5.74) is 13.9. The second-order valence-electron chi connectivity index (χ2n) is 13.7. The Bertz CT molecular complexity index is 2410. The molecule has 2 aliphatic carbocycles. The Morgan fingerprint density at radius 1 is 0.471 bits per heavy atom. The second-order valence-corrected chi connectivity index (χ2v) is 13.7. The Balaban J connectivity index is 1.23. The average Bonchev–Trinajstić information content (AvgIpc) is 3.44. The van der Waals surface area contributed by atoms with E-state index in [2.05, 4.69) is 96.6 Å². The second kappa shape index (κ2) is 12.5. The minimum atomic E-state index is -0.0100. The summed E-state index contributed by atoms with van der Waals surface area (Å²) in [6.45, 7) is 4.70. The number of fused-ring (bicyclic) bond motifs is 2. The van der Waals surface area contributed by atoms with E-state index in [1.165, 1.54) is 27.8 Å². The SMILES string of the molecule is CC1(C)C2=C(CCC=C2)c2cc(-c3cc(-c4ccc(-c5ncccn5)cc4)cc(-c4nc(-c5ccccc5)nc(-c5ccccc5)n4)c3)ccc21. The van der Waals surface area contributed by atoms with Crippen LogP contribution in [0.4, 0.5) is 0 Å². The third-order valence-electron chi connectivity index (χ3n) is 10.1. The fourth-order valence-corrected chi connectivity index (χ4v) is 7.48. The van der Waals surface area contributed by atoms with Crippen LogP contribution in [0.2, 0.25) is 0 Å². The van der Waals surface area contributed by atoms with Gasteiger partial charge in [0.05, 0.1) is 0 Å². The van der Waals surface area contributed by atoms with Gasteiger partial charge in [0.2, 0.25) is 0 Å². The smallest absolute Gasteiger partial charge is 0.164 e. The molecule has 0 saturated carbocycles. The van der Waals surface area contributed by atoms with Gasteiger partial charge in [0, 0.05) is 40.1 Å². The van der Waals surface area contributed by atoms with Crippen molar-refractivity contribution in [3.63, 3.8) is 0 Å². The molecule has 0 saturated heterocycles. The third-order valence-corrected chi connectivity index (χ3v) is 10.1. The van der Waals surface area contributed by atoms with Crippen molar-refractivity contribution in [3.05, 3.63) is 169 Å². The summed E-state index contributed by atoms with van der Waals surface area (Å²) >= 11 is 0. The maximum Gasteiger partial charge on any atom is 0.164 e. The Hall–Kier alpha value is -6.33. The first-order valence-electron chi connectivity index (χ1n) is 17.5. The molecular formula is C46H35N5. The van der Waals surface area contributed by atoms with E-state index in [9.17, 15) is 0 Å². The van der Waals surface area contributed by atoms with Crippen LogP contribution >= 0.6 is 0 Å². The number of allylic oxidation sites excluding steroid dienone is 4. The number of hydrogen-bond acceptors (Lipinski definition) is 5. The van der Waals surface area contributed by atoms with Crippen molar-refractivity contribution in [2.45, 2.75) is 32.1 Å². The van der Waals surface area contributed by atoms with Gasteiger partial charge in [-0.1, -0.05) is 123 Å². The standard InChI is InChI=1S/C46H35N5/c1-46(2)40-17-10-9-16-38(40)39-29-34(22-23-41(39)46)36-26-35(30-18-20-33(21-19-30)42-47-24-11-25-48-42)27-37(28-36)45-50-43(31-12-5-3-6-13-31)49-44(51-45)32-14-7-4-8-15-32/h3-8,10-15,17-29H,9,16H2,1-2H3. The van der Waals surface area contributed by atoms with Crippen LogP contribution in [-0.4, -0.2) is 24.9 Å². The van der Waals surface area contributed by atoms with E-state index in [1.54, 1.807) is 12.4 Å². The summed E-state index contributed by atoms with van der Waals surface area (Å²) in [6, 6.07) is 44.3. The molecule has 0 amide bonds. The van der Waals surface area contributed by atoms with Crippen LogP contribution in [0, 0.1) is 0 Å². The average molecular weight is 658 g/mol. The quantitative estimate of drug-likeness (QED) is 0.178. The first kappa shape index (κ1) is 30.7. The number of hydrogen-bond donors (Lipinski definition) is 0. The fourth-order valence-electron chi connectivity index (χ4n) is 7.48. The molecule has 2 aromatic heterocycles. The van der Waals surface area contributed by atoms with Gasteiger partial charge in [-0.25, -0.2) is 24.9 Å². The Kier molecular flexibility index (Phi) is 7.54. The number of aromatic nitrogens is 5. The molecule has 0 unspecified atom stereocenters. The molecule has 244 valence electrons. The Labute approximate surface area is 298 Å². The Morgan fingerprint density at radius 3 is 1.65 bits per heavy atom. The highest BCUT2D eigenvalue weighted by Gasteiger charge is 2.37. The van der Waals surface area contributed by atoms with Crippen molar-refractivity contribution in [2.24, 2.45) is 0 Å². The molecule has 2 aliphatic rings. The summed E-state index contributed by atoms with van der Waals surface area (Å²) in [5, 5.41) is 0. The van der Waals surface area contributed by atoms with Crippen LogP contribution in [0.25, 0.3) is 73.4 Å². The van der Waals surface area contributed by atoms with Gasteiger partial charge in [0.25, 0.3) is 0 Å². The zero-order valence-corrected chi connectivity index (χ0v) is 28.6. The van der Waals surface area contributed by atoms with Crippen LogP contribution < -0.4 is 0 Å². The van der Waals surface area contributed by atoms with Crippen molar-refractivity contribution in [1.82, 2.24) is 24.9 Å². The van der Waals surface area contributed by atoms with Crippen LogP contribution in [-0.2, 0) is 5.41 Å². The molecule has 5 aromatic carbocycles. The maximum absolute atomic E-state index is 5.10. The minimum Gasteiger partial charge on any atom is -0.237 e. The van der Waals surface area contributed by atoms with Crippen molar-refractivity contribution in [2.75, 3.05) is 0 Å². The van der Waals surface area contributed by atoms with Gasteiger partial charge in [-0.15, -0.1) is 0 Å². The van der Waals surface area contributed by atoms with E-state index >= 15 is 0 Å². The van der Waals surface area contributed by atoms with Crippen molar-refractivity contribution in [1.29, 1.82) is 0 Å². The molecule has 0 atom stereocenters. The van der Waals surface area contributed by atoms with Crippen molar-refractivity contribution < 1.29 is 0 Å². The van der Waals surface area contributed by atoms with Gasteiger partial charge in [-0.05, 0) is 87.7 Å². The summed E-state index contributed by atoms with van der Waals surface area (Å²) in [6.07, 6.45) is 10.4. The number of rotatable bonds is 6. The topological polar surface area (TPSA) is 64.5 Å².